The van der Waals surface area contributed by atoms with Crippen LogP contribution in [0, 0.1) is 5.82 Å². The average Bonchev–Trinajstić information content (AvgIpc) is 2.34. The molecule has 0 heterocycles. The fourth-order valence-electron chi connectivity index (χ4n) is 1.35. The number of nitrogens with two attached hydrogens (primary N) is 1. The van der Waals surface area contributed by atoms with Gasteiger partial charge in [0.2, 0.25) is 5.91 Å². The molecular formula is C11H10Cl2FN3O4. The number of carbonyl (C=O) groups is 3. The van der Waals surface area contributed by atoms with E-state index in [0.717, 1.165) is 12.1 Å². The monoisotopic (exact) mass is 337 g/mol. The number of halogens is 3. The van der Waals surface area contributed by atoms with Gasteiger partial charge in [-0.3, -0.25) is 4.79 Å². The summed E-state index contributed by atoms with van der Waals surface area (Å²) in [6.07, 6.45) is -0.576. The van der Waals surface area contributed by atoms with Crippen LogP contribution in [0.1, 0.15) is 6.42 Å². The molecule has 0 aliphatic heterocycles. The van der Waals surface area contributed by atoms with Crippen LogP contribution >= 0.6 is 23.2 Å². The molecule has 0 spiro atoms. The first-order chi connectivity index (χ1) is 9.70. The predicted octanol–water partition coefficient (Wildman–Crippen LogP) is 1.58. The minimum Gasteiger partial charge on any atom is -0.480 e. The van der Waals surface area contributed by atoms with Gasteiger partial charge in [-0.2, -0.15) is 0 Å². The fourth-order valence-corrected chi connectivity index (χ4v) is 1.84. The Morgan fingerprint density at radius 3 is 2.24 bits per heavy atom. The van der Waals surface area contributed by atoms with E-state index in [0.29, 0.717) is 0 Å². The summed E-state index contributed by atoms with van der Waals surface area (Å²) in [5, 5.41) is 12.4. The Balaban J connectivity index is 2.76. The van der Waals surface area contributed by atoms with Crippen LogP contribution in [-0.2, 0) is 9.59 Å². The lowest BCUT2D eigenvalue weighted by Gasteiger charge is -2.14. The normalized spacial score (nSPS) is 11.6. The van der Waals surface area contributed by atoms with Crippen LogP contribution in [0.25, 0.3) is 0 Å². The minimum atomic E-state index is -1.49. The molecule has 0 saturated heterocycles. The Morgan fingerprint density at radius 2 is 1.81 bits per heavy atom. The zero-order valence-corrected chi connectivity index (χ0v) is 11.8. The van der Waals surface area contributed by atoms with E-state index < -0.39 is 36.2 Å². The summed E-state index contributed by atoms with van der Waals surface area (Å²) in [4.78, 5) is 33.1. The second kappa shape index (κ2) is 7.09. The molecule has 114 valence electrons. The Morgan fingerprint density at radius 1 is 1.29 bits per heavy atom. The number of carbonyl (C=O) groups excluding carboxylic acids is 2. The van der Waals surface area contributed by atoms with Crippen LogP contribution < -0.4 is 16.4 Å². The third-order valence-corrected chi connectivity index (χ3v) is 2.80. The number of amides is 3. The van der Waals surface area contributed by atoms with Gasteiger partial charge in [0.05, 0.1) is 16.5 Å². The molecule has 1 unspecified atom stereocenters. The molecule has 0 bridgehead atoms. The van der Waals surface area contributed by atoms with Crippen LogP contribution in [0.3, 0.4) is 0 Å². The van der Waals surface area contributed by atoms with E-state index in [2.05, 4.69) is 5.32 Å². The molecule has 21 heavy (non-hydrogen) atoms. The van der Waals surface area contributed by atoms with Crippen LogP contribution in [0.5, 0.6) is 0 Å². The van der Waals surface area contributed by atoms with E-state index in [1.54, 1.807) is 0 Å². The van der Waals surface area contributed by atoms with Crippen molar-refractivity contribution in [1.82, 2.24) is 5.32 Å². The quantitative estimate of drug-likeness (QED) is 0.609. The van der Waals surface area contributed by atoms with Crippen LogP contribution in [0.4, 0.5) is 14.9 Å². The molecule has 10 heteroatoms. The molecule has 5 N–H and O–H groups in total. The van der Waals surface area contributed by atoms with Gasteiger partial charge in [0.15, 0.2) is 5.82 Å². The van der Waals surface area contributed by atoms with Crippen LogP contribution in [0.2, 0.25) is 10.0 Å². The summed E-state index contributed by atoms with van der Waals surface area (Å²) in [5.41, 5.74) is 4.91. The van der Waals surface area contributed by atoms with E-state index in [1.165, 1.54) is 0 Å². The number of primary amides is 1. The first-order valence-electron chi connectivity index (χ1n) is 5.44. The number of hydrogen-bond acceptors (Lipinski definition) is 3. The molecule has 0 aliphatic carbocycles. The average molecular weight is 338 g/mol. The van der Waals surface area contributed by atoms with Gasteiger partial charge in [-0.25, -0.2) is 14.0 Å². The van der Waals surface area contributed by atoms with Crippen LogP contribution in [-0.4, -0.2) is 29.1 Å². The van der Waals surface area contributed by atoms with Crippen molar-refractivity contribution in [2.24, 2.45) is 5.73 Å². The highest BCUT2D eigenvalue weighted by molar-refractivity contribution is 6.35. The van der Waals surface area contributed by atoms with Gasteiger partial charge in [-0.1, -0.05) is 23.2 Å². The lowest BCUT2D eigenvalue weighted by Crippen LogP contribution is -2.45. The second-order valence-electron chi connectivity index (χ2n) is 3.91. The Kier molecular flexibility index (Phi) is 5.74. The summed E-state index contributed by atoms with van der Waals surface area (Å²) >= 11 is 11.1. The smallest absolute Gasteiger partial charge is 0.326 e. The van der Waals surface area contributed by atoms with Crippen molar-refractivity contribution in [1.29, 1.82) is 0 Å². The molecule has 0 aromatic heterocycles. The molecule has 1 atom stereocenters. The van der Waals surface area contributed by atoms with E-state index in [1.807, 2.05) is 5.32 Å². The number of nitrogens with one attached hydrogen (secondary N) is 2. The van der Waals surface area contributed by atoms with E-state index in [9.17, 15) is 18.8 Å². The molecule has 3 amide bonds. The van der Waals surface area contributed by atoms with Gasteiger partial charge in [0.1, 0.15) is 6.04 Å². The topological polar surface area (TPSA) is 122 Å². The molecular weight excluding hydrogens is 328 g/mol. The molecule has 0 fully saturated rings. The largest absolute Gasteiger partial charge is 0.480 e. The Hall–Kier alpha value is -2.06. The van der Waals surface area contributed by atoms with E-state index in [-0.39, 0.29) is 15.7 Å². The van der Waals surface area contributed by atoms with Gasteiger partial charge in [0.25, 0.3) is 0 Å². The summed E-state index contributed by atoms with van der Waals surface area (Å²) in [5.74, 6) is -3.17. The number of carboxylic acid groups (broad SMARTS) is 1. The highest BCUT2D eigenvalue weighted by atomic mass is 35.5. The van der Waals surface area contributed by atoms with Gasteiger partial charge in [0, 0.05) is 5.69 Å². The number of aliphatic carboxylic acids is 1. The molecule has 0 radical (unpaired) electrons. The van der Waals surface area contributed by atoms with E-state index >= 15 is 0 Å². The van der Waals surface area contributed by atoms with Gasteiger partial charge in [-0.15, -0.1) is 0 Å². The first-order valence-corrected chi connectivity index (χ1v) is 6.19. The van der Waals surface area contributed by atoms with Crippen molar-refractivity contribution >= 4 is 46.8 Å². The third-order valence-electron chi connectivity index (χ3n) is 2.25. The molecule has 0 saturated carbocycles. The zero-order chi connectivity index (χ0) is 16.2. The van der Waals surface area contributed by atoms with Gasteiger partial charge >= 0.3 is 12.0 Å². The highest BCUT2D eigenvalue weighted by Crippen LogP contribution is 2.27. The van der Waals surface area contributed by atoms with E-state index in [4.69, 9.17) is 34.0 Å². The molecule has 0 aliphatic rings. The number of urea groups is 1. The number of benzene rings is 1. The van der Waals surface area contributed by atoms with Crippen molar-refractivity contribution in [2.45, 2.75) is 12.5 Å². The van der Waals surface area contributed by atoms with Crippen molar-refractivity contribution in [3.63, 3.8) is 0 Å². The maximum Gasteiger partial charge on any atom is 0.326 e. The maximum atomic E-state index is 13.2. The number of anilines is 1. The van der Waals surface area contributed by atoms with Crippen molar-refractivity contribution < 1.29 is 23.9 Å². The molecule has 1 aromatic rings. The zero-order valence-electron chi connectivity index (χ0n) is 10.3. The molecule has 7 nitrogen and oxygen atoms in total. The third kappa shape index (κ3) is 5.09. The Labute approximate surface area is 128 Å². The standard InChI is InChI=1S/C11H10Cl2FN3O4/c12-5-1-4(2-6(13)9(5)14)16-11(21)17-7(10(19)20)3-8(15)18/h1-2,7H,3H2,(H2,15,18)(H,19,20)(H2,16,17,21). The Bertz CT molecular complexity index is 574. The number of rotatable bonds is 5. The fraction of sp³-hybridized carbons (Fsp3) is 0.182. The first kappa shape index (κ1) is 17.0. The van der Waals surface area contributed by atoms with Gasteiger partial charge < -0.3 is 21.5 Å². The van der Waals surface area contributed by atoms with Crippen molar-refractivity contribution in [2.75, 3.05) is 5.32 Å². The minimum absolute atomic E-state index is 0.0483. The summed E-state index contributed by atoms with van der Waals surface area (Å²) < 4.78 is 13.2. The van der Waals surface area contributed by atoms with Crippen molar-refractivity contribution in [3.8, 4) is 0 Å². The summed E-state index contributed by atoms with van der Waals surface area (Å²) in [6.45, 7) is 0. The van der Waals surface area contributed by atoms with Crippen molar-refractivity contribution in [3.05, 3.63) is 28.0 Å². The lowest BCUT2D eigenvalue weighted by atomic mass is 10.2. The highest BCUT2D eigenvalue weighted by Gasteiger charge is 2.22. The van der Waals surface area contributed by atoms with Crippen LogP contribution in [0.15, 0.2) is 12.1 Å². The number of hydrogen-bond donors (Lipinski definition) is 4. The lowest BCUT2D eigenvalue weighted by molar-refractivity contribution is -0.140. The van der Waals surface area contributed by atoms with Gasteiger partial charge in [-0.05, 0) is 12.1 Å². The summed E-state index contributed by atoms with van der Waals surface area (Å²) in [6, 6.07) is -0.255. The summed E-state index contributed by atoms with van der Waals surface area (Å²) in [7, 11) is 0. The maximum absolute atomic E-state index is 13.2. The number of carboxylic acids is 1. The SMILES string of the molecule is NC(=O)CC(NC(=O)Nc1cc(Cl)c(F)c(Cl)c1)C(=O)O. The molecule has 1 aromatic carbocycles. The second-order valence-corrected chi connectivity index (χ2v) is 4.73. The molecule has 1 rings (SSSR count). The predicted molar refractivity (Wildman–Crippen MR) is 73.8 cm³/mol.